The molecule has 2 aliphatic rings. The van der Waals surface area contributed by atoms with Crippen LogP contribution in [0.25, 0.3) is 0 Å². The summed E-state index contributed by atoms with van der Waals surface area (Å²) in [7, 11) is 0. The van der Waals surface area contributed by atoms with E-state index in [1.54, 1.807) is 18.2 Å². The van der Waals surface area contributed by atoms with E-state index >= 15 is 0 Å². The van der Waals surface area contributed by atoms with Gasteiger partial charge in [0.25, 0.3) is 5.91 Å². The van der Waals surface area contributed by atoms with Gasteiger partial charge in [-0.1, -0.05) is 23.2 Å². The van der Waals surface area contributed by atoms with Gasteiger partial charge in [-0.2, -0.15) is 0 Å². The highest BCUT2D eigenvalue weighted by molar-refractivity contribution is 6.35. The van der Waals surface area contributed by atoms with Crippen molar-refractivity contribution in [1.82, 2.24) is 10.2 Å². The number of hydrogen-bond acceptors (Lipinski definition) is 2. The number of rotatable bonds is 4. The summed E-state index contributed by atoms with van der Waals surface area (Å²) in [5, 5.41) is 4.41. The number of benzene rings is 1. The maximum Gasteiger partial charge on any atom is 0.255 e. The number of carbonyl (C=O) groups is 1. The van der Waals surface area contributed by atoms with Crippen LogP contribution in [0.3, 0.4) is 0 Å². The summed E-state index contributed by atoms with van der Waals surface area (Å²) in [5.74, 6) is 0.622. The molecule has 0 atom stereocenters. The zero-order valence-electron chi connectivity index (χ0n) is 11.9. The maximum absolute atomic E-state index is 12.8. The molecule has 5 heteroatoms. The van der Waals surface area contributed by atoms with Crippen LogP contribution in [0, 0.1) is 5.92 Å². The van der Waals surface area contributed by atoms with E-state index < -0.39 is 0 Å². The van der Waals surface area contributed by atoms with E-state index in [1.165, 1.54) is 0 Å². The lowest BCUT2D eigenvalue weighted by Gasteiger charge is -2.30. The number of piperidine rings is 1. The van der Waals surface area contributed by atoms with E-state index in [2.05, 4.69) is 5.32 Å². The lowest BCUT2D eigenvalue weighted by Crippen LogP contribution is -2.40. The van der Waals surface area contributed by atoms with E-state index in [-0.39, 0.29) is 5.91 Å². The fourth-order valence-electron chi connectivity index (χ4n) is 2.94. The smallest absolute Gasteiger partial charge is 0.255 e. The van der Waals surface area contributed by atoms with Crippen LogP contribution in [0.4, 0.5) is 0 Å². The second-order valence-electron chi connectivity index (χ2n) is 6.01. The number of nitrogens with zero attached hydrogens (tertiary/aromatic N) is 1. The monoisotopic (exact) mass is 326 g/mol. The van der Waals surface area contributed by atoms with Gasteiger partial charge in [0.15, 0.2) is 0 Å². The predicted octanol–water partition coefficient (Wildman–Crippen LogP) is 3.60. The number of carbonyl (C=O) groups excluding carboxylic acids is 1. The number of halogens is 2. The summed E-state index contributed by atoms with van der Waals surface area (Å²) in [5.41, 5.74) is 0.532. The van der Waals surface area contributed by atoms with Crippen LogP contribution in [-0.2, 0) is 0 Å². The van der Waals surface area contributed by atoms with Crippen LogP contribution in [0.2, 0.25) is 10.0 Å². The van der Waals surface area contributed by atoms with E-state index in [4.69, 9.17) is 23.2 Å². The molecule has 1 aliphatic carbocycles. The highest BCUT2D eigenvalue weighted by Crippen LogP contribution is 2.32. The molecule has 1 aromatic rings. The van der Waals surface area contributed by atoms with E-state index in [1.807, 2.05) is 4.90 Å². The summed E-state index contributed by atoms with van der Waals surface area (Å²) in [4.78, 5) is 14.9. The third-order valence-electron chi connectivity index (χ3n) is 4.32. The third-order valence-corrected chi connectivity index (χ3v) is 4.89. The molecular formula is C16H20Cl2N2O. The molecule has 1 amide bonds. The van der Waals surface area contributed by atoms with Crippen LogP contribution in [-0.4, -0.2) is 36.5 Å². The molecular weight excluding hydrogens is 307 g/mol. The highest BCUT2D eigenvalue weighted by atomic mass is 35.5. The van der Waals surface area contributed by atoms with Crippen molar-refractivity contribution in [2.45, 2.75) is 31.7 Å². The zero-order chi connectivity index (χ0) is 14.8. The van der Waals surface area contributed by atoms with Gasteiger partial charge >= 0.3 is 0 Å². The average Bonchev–Trinajstić information content (AvgIpc) is 3.32. The van der Waals surface area contributed by atoms with Gasteiger partial charge in [-0.15, -0.1) is 0 Å². The summed E-state index contributed by atoms with van der Waals surface area (Å²) in [6.45, 7) is 2.94. The third kappa shape index (κ3) is 3.71. The molecule has 1 aromatic carbocycles. The minimum atomic E-state index is 0.0310. The Balaban J connectivity index is 1.76. The normalized spacial score (nSPS) is 19.5. The Morgan fingerprint density at radius 3 is 2.57 bits per heavy atom. The van der Waals surface area contributed by atoms with Crippen LogP contribution >= 0.6 is 23.2 Å². The number of nitrogens with one attached hydrogen (secondary N) is 1. The topological polar surface area (TPSA) is 32.3 Å². The minimum absolute atomic E-state index is 0.0310. The molecule has 21 heavy (non-hydrogen) atoms. The largest absolute Gasteiger partial charge is 0.335 e. The SMILES string of the molecule is O=C(c1cc(Cl)ccc1Cl)N(CC1CCNCC1)C1CC1. The predicted molar refractivity (Wildman–Crippen MR) is 86.1 cm³/mol. The van der Waals surface area contributed by atoms with Crippen molar-refractivity contribution >= 4 is 29.1 Å². The highest BCUT2D eigenvalue weighted by Gasteiger charge is 2.35. The molecule has 1 heterocycles. The Morgan fingerprint density at radius 1 is 1.19 bits per heavy atom. The summed E-state index contributed by atoms with van der Waals surface area (Å²) in [6, 6.07) is 5.49. The fraction of sp³-hybridized carbons (Fsp3) is 0.562. The molecule has 0 bridgehead atoms. The molecule has 0 aromatic heterocycles. The van der Waals surface area contributed by atoms with Crippen molar-refractivity contribution in [3.8, 4) is 0 Å². The van der Waals surface area contributed by atoms with Gasteiger partial charge in [0.05, 0.1) is 10.6 Å². The number of amides is 1. The lowest BCUT2D eigenvalue weighted by atomic mass is 9.97. The summed E-state index contributed by atoms with van der Waals surface area (Å²) >= 11 is 12.2. The molecule has 3 rings (SSSR count). The Bertz CT molecular complexity index is 525. The van der Waals surface area contributed by atoms with E-state index in [9.17, 15) is 4.79 Å². The molecule has 0 spiro atoms. The molecule has 1 N–H and O–H groups in total. The van der Waals surface area contributed by atoms with Gasteiger partial charge in [0.2, 0.25) is 0 Å². The van der Waals surface area contributed by atoms with Gasteiger partial charge in [-0.05, 0) is 62.9 Å². The quantitative estimate of drug-likeness (QED) is 0.916. The zero-order valence-corrected chi connectivity index (χ0v) is 13.5. The molecule has 1 saturated heterocycles. The van der Waals surface area contributed by atoms with Crippen molar-refractivity contribution in [2.24, 2.45) is 5.92 Å². The van der Waals surface area contributed by atoms with Crippen molar-refractivity contribution in [2.75, 3.05) is 19.6 Å². The van der Waals surface area contributed by atoms with Crippen LogP contribution < -0.4 is 5.32 Å². The lowest BCUT2D eigenvalue weighted by molar-refractivity contribution is 0.0702. The molecule has 1 aliphatic heterocycles. The van der Waals surface area contributed by atoms with Crippen molar-refractivity contribution in [3.05, 3.63) is 33.8 Å². The fourth-order valence-corrected chi connectivity index (χ4v) is 3.31. The second kappa shape index (κ2) is 6.55. The minimum Gasteiger partial charge on any atom is -0.335 e. The van der Waals surface area contributed by atoms with Crippen LogP contribution in [0.1, 0.15) is 36.0 Å². The number of hydrogen-bond donors (Lipinski definition) is 1. The summed E-state index contributed by atoms with van der Waals surface area (Å²) < 4.78 is 0. The Hall–Kier alpha value is -0.770. The first kappa shape index (κ1) is 15.1. The Labute approximate surface area is 135 Å². The van der Waals surface area contributed by atoms with Gasteiger partial charge in [0.1, 0.15) is 0 Å². The van der Waals surface area contributed by atoms with Gasteiger partial charge in [-0.3, -0.25) is 4.79 Å². The molecule has 0 radical (unpaired) electrons. The van der Waals surface area contributed by atoms with Crippen molar-refractivity contribution < 1.29 is 4.79 Å². The van der Waals surface area contributed by atoms with Crippen molar-refractivity contribution in [3.63, 3.8) is 0 Å². The first-order chi connectivity index (χ1) is 10.1. The standard InChI is InChI=1S/C16H20Cl2N2O/c17-12-1-4-15(18)14(9-12)16(21)20(13-2-3-13)10-11-5-7-19-8-6-11/h1,4,9,11,13,19H,2-3,5-8,10H2. The van der Waals surface area contributed by atoms with E-state index in [0.717, 1.165) is 45.3 Å². The molecule has 114 valence electrons. The van der Waals surface area contributed by atoms with Crippen LogP contribution in [0.5, 0.6) is 0 Å². The molecule has 1 saturated carbocycles. The Kier molecular flexibility index (Phi) is 4.72. The van der Waals surface area contributed by atoms with Crippen molar-refractivity contribution in [1.29, 1.82) is 0 Å². The molecule has 3 nitrogen and oxygen atoms in total. The average molecular weight is 327 g/mol. The Morgan fingerprint density at radius 2 is 1.90 bits per heavy atom. The van der Waals surface area contributed by atoms with Gasteiger partial charge < -0.3 is 10.2 Å². The first-order valence-electron chi connectivity index (χ1n) is 7.62. The molecule has 0 unspecified atom stereocenters. The van der Waals surface area contributed by atoms with Gasteiger partial charge in [-0.25, -0.2) is 0 Å². The maximum atomic E-state index is 12.8. The second-order valence-corrected chi connectivity index (χ2v) is 6.85. The van der Waals surface area contributed by atoms with E-state index in [0.29, 0.717) is 27.6 Å². The summed E-state index contributed by atoms with van der Waals surface area (Å²) in [6.07, 6.45) is 4.49. The van der Waals surface area contributed by atoms with Crippen LogP contribution in [0.15, 0.2) is 18.2 Å². The first-order valence-corrected chi connectivity index (χ1v) is 8.37. The molecule has 2 fully saturated rings. The van der Waals surface area contributed by atoms with Gasteiger partial charge in [0, 0.05) is 17.6 Å².